The fourth-order valence-corrected chi connectivity index (χ4v) is 2.73. The molecule has 0 bridgehead atoms. The molecular weight excluding hydrogens is 274 g/mol. The normalized spacial score (nSPS) is 20.5. The van der Waals surface area contributed by atoms with Crippen LogP contribution in [0.15, 0.2) is 59.8 Å². The Morgan fingerprint density at radius 1 is 1.09 bits per heavy atom. The van der Waals surface area contributed by atoms with E-state index >= 15 is 0 Å². The standard InChI is InChI=1S/C19H21NO2/c1-14(20-22-13-15-6-4-3-5-7-15)18-12-19(18)16-8-10-17(21-2)11-9-16/h3-11,18-19H,12-13H2,1-2H3/b20-14+. The van der Waals surface area contributed by atoms with Crippen LogP contribution in [0.4, 0.5) is 0 Å². The van der Waals surface area contributed by atoms with Gasteiger partial charge in [0.2, 0.25) is 0 Å². The minimum absolute atomic E-state index is 0.504. The van der Waals surface area contributed by atoms with Crippen molar-refractivity contribution in [2.45, 2.75) is 25.9 Å². The van der Waals surface area contributed by atoms with Crippen molar-refractivity contribution in [1.29, 1.82) is 0 Å². The molecule has 0 amide bonds. The zero-order valence-corrected chi connectivity index (χ0v) is 13.0. The Bertz CT molecular complexity index is 634. The average Bonchev–Trinajstić information content (AvgIpc) is 3.37. The summed E-state index contributed by atoms with van der Waals surface area (Å²) in [5, 5.41) is 4.28. The molecule has 3 heteroatoms. The third-order valence-electron chi connectivity index (χ3n) is 4.15. The molecule has 0 radical (unpaired) electrons. The number of methoxy groups -OCH3 is 1. The molecule has 1 fully saturated rings. The molecule has 1 aliphatic rings. The van der Waals surface area contributed by atoms with E-state index < -0.39 is 0 Å². The van der Waals surface area contributed by atoms with Gasteiger partial charge in [-0.2, -0.15) is 0 Å². The average molecular weight is 295 g/mol. The van der Waals surface area contributed by atoms with E-state index in [2.05, 4.69) is 24.2 Å². The van der Waals surface area contributed by atoms with Crippen molar-refractivity contribution < 1.29 is 9.57 Å². The van der Waals surface area contributed by atoms with Crippen molar-refractivity contribution in [3.63, 3.8) is 0 Å². The number of hydrogen-bond donors (Lipinski definition) is 0. The monoisotopic (exact) mass is 295 g/mol. The lowest BCUT2D eigenvalue weighted by atomic mass is 10.1. The quantitative estimate of drug-likeness (QED) is 0.584. The van der Waals surface area contributed by atoms with E-state index in [4.69, 9.17) is 9.57 Å². The second-order valence-electron chi connectivity index (χ2n) is 5.71. The van der Waals surface area contributed by atoms with Gasteiger partial charge in [0, 0.05) is 5.92 Å². The van der Waals surface area contributed by atoms with E-state index in [1.807, 2.05) is 42.5 Å². The summed E-state index contributed by atoms with van der Waals surface area (Å²) in [6.45, 7) is 2.58. The maximum absolute atomic E-state index is 5.47. The lowest BCUT2D eigenvalue weighted by Gasteiger charge is -2.04. The molecule has 0 aliphatic heterocycles. The molecule has 0 spiro atoms. The number of nitrogens with zero attached hydrogens (tertiary/aromatic N) is 1. The lowest BCUT2D eigenvalue weighted by molar-refractivity contribution is 0.129. The molecule has 2 aromatic rings. The van der Waals surface area contributed by atoms with Crippen LogP contribution in [-0.2, 0) is 11.4 Å². The summed E-state index contributed by atoms with van der Waals surface area (Å²) in [7, 11) is 1.69. The van der Waals surface area contributed by atoms with Crippen LogP contribution >= 0.6 is 0 Å². The maximum atomic E-state index is 5.47. The van der Waals surface area contributed by atoms with E-state index in [1.165, 1.54) is 5.56 Å². The van der Waals surface area contributed by atoms with Crippen molar-refractivity contribution in [2.75, 3.05) is 7.11 Å². The van der Waals surface area contributed by atoms with Crippen molar-refractivity contribution in [2.24, 2.45) is 11.1 Å². The second-order valence-corrected chi connectivity index (χ2v) is 5.71. The SMILES string of the molecule is COc1ccc(C2CC2/C(C)=N/OCc2ccccc2)cc1. The molecule has 3 nitrogen and oxygen atoms in total. The van der Waals surface area contributed by atoms with Gasteiger partial charge < -0.3 is 9.57 Å². The molecule has 22 heavy (non-hydrogen) atoms. The number of ether oxygens (including phenoxy) is 1. The molecule has 1 aliphatic carbocycles. The molecule has 0 aromatic heterocycles. The molecule has 0 saturated heterocycles. The molecule has 2 atom stereocenters. The van der Waals surface area contributed by atoms with E-state index in [-0.39, 0.29) is 0 Å². The maximum Gasteiger partial charge on any atom is 0.142 e. The van der Waals surface area contributed by atoms with Crippen LogP contribution in [-0.4, -0.2) is 12.8 Å². The highest BCUT2D eigenvalue weighted by Gasteiger charge is 2.40. The van der Waals surface area contributed by atoms with E-state index in [0.29, 0.717) is 18.4 Å². The van der Waals surface area contributed by atoms with Crippen LogP contribution in [0.1, 0.15) is 30.4 Å². The van der Waals surface area contributed by atoms with Gasteiger partial charge in [-0.25, -0.2) is 0 Å². The number of rotatable bonds is 6. The Hall–Kier alpha value is -2.29. The largest absolute Gasteiger partial charge is 0.497 e. The molecule has 0 heterocycles. The highest BCUT2D eigenvalue weighted by atomic mass is 16.6. The summed E-state index contributed by atoms with van der Waals surface area (Å²) in [6.07, 6.45) is 1.15. The summed E-state index contributed by atoms with van der Waals surface area (Å²) >= 11 is 0. The Morgan fingerprint density at radius 3 is 2.50 bits per heavy atom. The van der Waals surface area contributed by atoms with E-state index in [1.54, 1.807) is 7.11 Å². The zero-order valence-electron chi connectivity index (χ0n) is 13.0. The summed E-state index contributed by atoms with van der Waals surface area (Å²) in [6, 6.07) is 18.4. The van der Waals surface area contributed by atoms with Gasteiger partial charge >= 0.3 is 0 Å². The number of oxime groups is 1. The van der Waals surface area contributed by atoms with Crippen LogP contribution < -0.4 is 4.74 Å². The third-order valence-corrected chi connectivity index (χ3v) is 4.15. The first kappa shape index (κ1) is 14.6. The Labute approximate surface area is 131 Å². The molecule has 2 unspecified atom stereocenters. The predicted octanol–water partition coefficient (Wildman–Crippen LogP) is 4.39. The van der Waals surface area contributed by atoms with Gasteiger partial charge in [-0.05, 0) is 42.5 Å². The van der Waals surface area contributed by atoms with E-state index in [0.717, 1.165) is 23.4 Å². The Morgan fingerprint density at radius 2 is 1.82 bits per heavy atom. The summed E-state index contributed by atoms with van der Waals surface area (Å²) in [5.41, 5.74) is 3.57. The van der Waals surface area contributed by atoms with E-state index in [9.17, 15) is 0 Å². The van der Waals surface area contributed by atoms with Crippen LogP contribution in [0.2, 0.25) is 0 Å². The van der Waals surface area contributed by atoms with Crippen molar-refractivity contribution in [3.8, 4) is 5.75 Å². The topological polar surface area (TPSA) is 30.8 Å². The third kappa shape index (κ3) is 3.48. The zero-order chi connectivity index (χ0) is 15.4. The molecule has 0 N–H and O–H groups in total. The van der Waals surface area contributed by atoms with Gasteiger partial charge in [-0.15, -0.1) is 0 Å². The Kier molecular flexibility index (Phi) is 4.42. The molecule has 1 saturated carbocycles. The molecule has 3 rings (SSSR count). The van der Waals surface area contributed by atoms with Crippen molar-refractivity contribution >= 4 is 5.71 Å². The van der Waals surface area contributed by atoms with Crippen molar-refractivity contribution in [3.05, 3.63) is 65.7 Å². The second kappa shape index (κ2) is 6.65. The van der Waals surface area contributed by atoms with Crippen LogP contribution in [0.25, 0.3) is 0 Å². The fourth-order valence-electron chi connectivity index (χ4n) is 2.73. The summed E-state index contributed by atoms with van der Waals surface area (Å²) < 4.78 is 5.20. The first-order valence-corrected chi connectivity index (χ1v) is 7.62. The molecule has 114 valence electrons. The van der Waals surface area contributed by atoms with Crippen LogP contribution in [0.3, 0.4) is 0 Å². The molecular formula is C19H21NO2. The van der Waals surface area contributed by atoms with Gasteiger partial charge in [0.05, 0.1) is 12.8 Å². The van der Waals surface area contributed by atoms with Gasteiger partial charge in [0.25, 0.3) is 0 Å². The van der Waals surface area contributed by atoms with Crippen LogP contribution in [0.5, 0.6) is 5.75 Å². The summed E-state index contributed by atoms with van der Waals surface area (Å²) in [5.74, 6) is 1.97. The highest BCUT2D eigenvalue weighted by molar-refractivity contribution is 5.87. The fraction of sp³-hybridized carbons (Fsp3) is 0.316. The predicted molar refractivity (Wildman–Crippen MR) is 88.2 cm³/mol. The number of hydrogen-bond acceptors (Lipinski definition) is 3. The number of benzene rings is 2. The summed E-state index contributed by atoms with van der Waals surface area (Å²) in [4.78, 5) is 5.47. The molecule has 2 aromatic carbocycles. The van der Waals surface area contributed by atoms with Gasteiger partial charge in [0.1, 0.15) is 12.4 Å². The highest BCUT2D eigenvalue weighted by Crippen LogP contribution is 2.48. The first-order chi connectivity index (χ1) is 10.8. The first-order valence-electron chi connectivity index (χ1n) is 7.62. The Balaban J connectivity index is 1.53. The van der Waals surface area contributed by atoms with Gasteiger partial charge in [-0.1, -0.05) is 47.6 Å². The van der Waals surface area contributed by atoms with Gasteiger partial charge in [0.15, 0.2) is 0 Å². The van der Waals surface area contributed by atoms with Crippen molar-refractivity contribution in [1.82, 2.24) is 0 Å². The minimum atomic E-state index is 0.504. The van der Waals surface area contributed by atoms with Gasteiger partial charge in [-0.3, -0.25) is 0 Å². The minimum Gasteiger partial charge on any atom is -0.497 e. The lowest BCUT2D eigenvalue weighted by Crippen LogP contribution is -1.99. The van der Waals surface area contributed by atoms with Crippen LogP contribution in [0, 0.1) is 5.92 Å². The smallest absolute Gasteiger partial charge is 0.142 e.